The van der Waals surface area contributed by atoms with E-state index in [1.807, 2.05) is 13.0 Å². The number of hydrogen-bond acceptors (Lipinski definition) is 4. The van der Waals surface area contributed by atoms with Crippen molar-refractivity contribution < 1.29 is 4.42 Å². The molecule has 0 amide bonds. The summed E-state index contributed by atoms with van der Waals surface area (Å²) in [5.74, 6) is 1.23. The second kappa shape index (κ2) is 7.67. The van der Waals surface area contributed by atoms with Gasteiger partial charge in [-0.2, -0.15) is 0 Å². The molecule has 1 aliphatic heterocycles. The number of hydrogen-bond donors (Lipinski definition) is 1. The number of halogens is 2. The number of nitrogens with two attached hydrogens (primary N) is 1. The van der Waals surface area contributed by atoms with E-state index in [0.29, 0.717) is 23.5 Å². The van der Waals surface area contributed by atoms with E-state index in [2.05, 4.69) is 17.9 Å². The monoisotopic (exact) mass is 384 g/mol. The third kappa shape index (κ3) is 3.72. The lowest BCUT2D eigenvalue weighted by Crippen LogP contribution is -2.48. The molecule has 2 N–H and O–H groups in total. The van der Waals surface area contributed by atoms with Crippen LogP contribution in [0.1, 0.15) is 29.5 Å². The van der Waals surface area contributed by atoms with Crippen molar-refractivity contribution in [3.05, 3.63) is 45.3 Å². The fraction of sp³-hybridized carbons (Fsp3) is 0.526. The average molecular weight is 385 g/mol. The van der Waals surface area contributed by atoms with Crippen molar-refractivity contribution in [2.24, 2.45) is 17.6 Å². The van der Waals surface area contributed by atoms with Gasteiger partial charge in [-0.05, 0) is 67.3 Å². The van der Waals surface area contributed by atoms with E-state index in [1.165, 1.54) is 18.4 Å². The number of aryl methyl sites for hydroxylation is 2. The molecule has 138 valence electrons. The zero-order chi connectivity index (χ0) is 16.1. The van der Waals surface area contributed by atoms with Crippen molar-refractivity contribution in [2.45, 2.75) is 39.3 Å². The number of piperidine rings is 1. The first-order chi connectivity index (χ1) is 11.0. The van der Waals surface area contributed by atoms with E-state index in [9.17, 15) is 4.79 Å². The Bertz CT molecular complexity index is 807. The highest BCUT2D eigenvalue weighted by Gasteiger charge is 2.39. The van der Waals surface area contributed by atoms with Crippen LogP contribution in [-0.2, 0) is 6.54 Å². The molecule has 2 heterocycles. The lowest BCUT2D eigenvalue weighted by atomic mass is 9.92. The van der Waals surface area contributed by atoms with Crippen LogP contribution >= 0.6 is 24.8 Å². The summed E-state index contributed by atoms with van der Waals surface area (Å²) in [7, 11) is 0. The van der Waals surface area contributed by atoms with Crippen LogP contribution in [0, 0.1) is 25.7 Å². The molecule has 0 spiro atoms. The van der Waals surface area contributed by atoms with Gasteiger partial charge in [-0.3, -0.25) is 4.90 Å². The Morgan fingerprint density at radius 2 is 1.68 bits per heavy atom. The maximum atomic E-state index is 11.9. The molecular formula is C19H26Cl2N2O2. The van der Waals surface area contributed by atoms with Crippen molar-refractivity contribution in [1.82, 2.24) is 4.90 Å². The molecule has 25 heavy (non-hydrogen) atoms. The first kappa shape index (κ1) is 20.2. The molecule has 2 bridgehead atoms. The number of likely N-dealkylation sites (tertiary alicyclic amines) is 1. The van der Waals surface area contributed by atoms with Gasteiger partial charge in [0.1, 0.15) is 5.58 Å². The molecule has 6 heteroatoms. The summed E-state index contributed by atoms with van der Waals surface area (Å²) < 4.78 is 5.40. The summed E-state index contributed by atoms with van der Waals surface area (Å²) in [6.07, 6.45) is 2.50. The molecule has 2 aliphatic rings. The maximum absolute atomic E-state index is 11.9. The molecular weight excluding hydrogens is 359 g/mol. The van der Waals surface area contributed by atoms with Crippen molar-refractivity contribution in [3.63, 3.8) is 0 Å². The summed E-state index contributed by atoms with van der Waals surface area (Å²) in [5.41, 5.74) is 10.2. The number of fused-ring (bicyclic) bond motifs is 3. The molecule has 3 atom stereocenters. The Morgan fingerprint density at radius 1 is 1.08 bits per heavy atom. The molecule has 2 aromatic rings. The largest absolute Gasteiger partial charge is 0.423 e. The Kier molecular flexibility index (Phi) is 6.21. The van der Waals surface area contributed by atoms with Crippen molar-refractivity contribution in [1.29, 1.82) is 0 Å². The first-order valence-electron chi connectivity index (χ1n) is 8.53. The van der Waals surface area contributed by atoms with Crippen LogP contribution in [0.3, 0.4) is 0 Å². The summed E-state index contributed by atoms with van der Waals surface area (Å²) in [5, 5.41) is 1.06. The van der Waals surface area contributed by atoms with Crippen LogP contribution in [0.15, 0.2) is 27.4 Å². The summed E-state index contributed by atoms with van der Waals surface area (Å²) in [6.45, 7) is 7.05. The lowest BCUT2D eigenvalue weighted by Gasteiger charge is -2.36. The molecule has 1 aromatic carbocycles. The third-order valence-corrected chi connectivity index (χ3v) is 5.82. The van der Waals surface area contributed by atoms with Gasteiger partial charge in [-0.1, -0.05) is 0 Å². The number of rotatable bonds is 2. The normalized spacial score (nSPS) is 25.5. The van der Waals surface area contributed by atoms with E-state index in [1.54, 1.807) is 6.07 Å². The van der Waals surface area contributed by atoms with Crippen LogP contribution in [0.4, 0.5) is 0 Å². The fourth-order valence-electron chi connectivity index (χ4n) is 4.35. The molecule has 1 saturated carbocycles. The maximum Gasteiger partial charge on any atom is 0.336 e. The second-order valence-electron chi connectivity index (χ2n) is 7.39. The van der Waals surface area contributed by atoms with Crippen LogP contribution < -0.4 is 11.4 Å². The van der Waals surface area contributed by atoms with Gasteiger partial charge in [0.15, 0.2) is 0 Å². The minimum absolute atomic E-state index is 0. The van der Waals surface area contributed by atoms with Gasteiger partial charge >= 0.3 is 5.63 Å². The molecule has 1 saturated heterocycles. The Balaban J connectivity index is 0.00000113. The highest BCUT2D eigenvalue weighted by Crippen LogP contribution is 2.36. The predicted molar refractivity (Wildman–Crippen MR) is 106 cm³/mol. The molecule has 4 rings (SSSR count). The SMILES string of the molecule is Cc1cc2oc(=O)cc(CN3C[C@H]4CC[C@@H](C3)C4N)c2cc1C.Cl.Cl. The molecule has 1 aliphatic carbocycles. The number of benzene rings is 1. The molecule has 1 unspecified atom stereocenters. The zero-order valence-corrected chi connectivity index (χ0v) is 16.3. The van der Waals surface area contributed by atoms with E-state index in [-0.39, 0.29) is 30.4 Å². The molecule has 0 radical (unpaired) electrons. The lowest BCUT2D eigenvalue weighted by molar-refractivity contribution is 0.141. The summed E-state index contributed by atoms with van der Waals surface area (Å²) in [6, 6.07) is 6.15. The van der Waals surface area contributed by atoms with Gasteiger partial charge in [0.25, 0.3) is 0 Å². The van der Waals surface area contributed by atoms with Gasteiger partial charge in [0.05, 0.1) is 0 Å². The van der Waals surface area contributed by atoms with Gasteiger partial charge in [-0.15, -0.1) is 24.8 Å². The average Bonchev–Trinajstić information content (AvgIpc) is 2.71. The molecule has 2 fully saturated rings. The van der Waals surface area contributed by atoms with E-state index in [4.69, 9.17) is 10.2 Å². The minimum atomic E-state index is -0.257. The number of nitrogens with zero attached hydrogens (tertiary/aromatic N) is 1. The fourth-order valence-corrected chi connectivity index (χ4v) is 4.35. The van der Waals surface area contributed by atoms with E-state index >= 15 is 0 Å². The van der Waals surface area contributed by atoms with Crippen molar-refractivity contribution in [2.75, 3.05) is 13.1 Å². The van der Waals surface area contributed by atoms with Crippen molar-refractivity contribution in [3.8, 4) is 0 Å². The third-order valence-electron chi connectivity index (χ3n) is 5.82. The van der Waals surface area contributed by atoms with Crippen LogP contribution in [0.2, 0.25) is 0 Å². The Morgan fingerprint density at radius 3 is 2.32 bits per heavy atom. The smallest absolute Gasteiger partial charge is 0.336 e. The standard InChI is InChI=1S/C19H24N2O2.2ClH/c1-11-5-16-15(7-18(22)23-17(16)6-12(11)2)10-21-8-13-3-4-14(9-21)19(13)20;;/h5-7,13-14,19H,3-4,8-10,20H2,1-2H3;2*1H/t13-,14+,19?;;. The van der Waals surface area contributed by atoms with Crippen LogP contribution in [0.25, 0.3) is 11.0 Å². The topological polar surface area (TPSA) is 59.5 Å². The predicted octanol–water partition coefficient (Wildman–Crippen LogP) is 3.42. The highest BCUT2D eigenvalue weighted by molar-refractivity contribution is 5.85. The van der Waals surface area contributed by atoms with Crippen LogP contribution in [-0.4, -0.2) is 24.0 Å². The van der Waals surface area contributed by atoms with Crippen molar-refractivity contribution >= 4 is 35.8 Å². The highest BCUT2D eigenvalue weighted by atomic mass is 35.5. The minimum Gasteiger partial charge on any atom is -0.423 e. The summed E-state index contributed by atoms with van der Waals surface area (Å²) in [4.78, 5) is 14.4. The Hall–Kier alpha value is -1.07. The molecule has 1 aromatic heterocycles. The molecule has 4 nitrogen and oxygen atoms in total. The Labute approximate surface area is 160 Å². The van der Waals surface area contributed by atoms with E-state index < -0.39 is 0 Å². The van der Waals surface area contributed by atoms with Gasteiger partial charge < -0.3 is 10.2 Å². The van der Waals surface area contributed by atoms with Gasteiger partial charge in [-0.25, -0.2) is 4.79 Å². The first-order valence-corrected chi connectivity index (χ1v) is 8.53. The van der Waals surface area contributed by atoms with Crippen LogP contribution in [0.5, 0.6) is 0 Å². The quantitative estimate of drug-likeness (QED) is 0.805. The van der Waals surface area contributed by atoms with Gasteiger partial charge in [0, 0.05) is 37.1 Å². The van der Waals surface area contributed by atoms with Gasteiger partial charge in [0.2, 0.25) is 0 Å². The van der Waals surface area contributed by atoms with E-state index in [0.717, 1.165) is 36.1 Å². The summed E-state index contributed by atoms with van der Waals surface area (Å²) >= 11 is 0. The zero-order valence-electron chi connectivity index (χ0n) is 14.7. The second-order valence-corrected chi connectivity index (χ2v) is 7.39.